The molecule has 0 saturated heterocycles. The molecule has 6 nitrogen and oxygen atoms in total. The number of carbonyl (C=O) groups is 2. The van der Waals surface area contributed by atoms with Crippen molar-refractivity contribution >= 4 is 40.9 Å². The third kappa shape index (κ3) is 5.47. The van der Waals surface area contributed by atoms with Crippen molar-refractivity contribution in [2.24, 2.45) is 0 Å². The summed E-state index contributed by atoms with van der Waals surface area (Å²) in [5.41, 5.74) is 1.57. The highest BCUT2D eigenvalue weighted by atomic mass is 35.5. The summed E-state index contributed by atoms with van der Waals surface area (Å²) in [6.45, 7) is 3.91. The number of carboxylic acids is 1. The number of rotatable bonds is 8. The lowest BCUT2D eigenvalue weighted by atomic mass is 10.2. The molecule has 0 fully saturated rings. The topological polar surface area (TPSA) is 103 Å². The minimum Gasteiger partial charge on any atom is -0.478 e. The molecule has 2 aromatic rings. The van der Waals surface area contributed by atoms with Gasteiger partial charge in [0.15, 0.2) is 0 Å². The molecule has 146 valence electrons. The third-order valence-electron chi connectivity index (χ3n) is 3.93. The number of nitrogens with one attached hydrogen (secondary N) is 1. The van der Waals surface area contributed by atoms with E-state index in [9.17, 15) is 14.9 Å². The Morgan fingerprint density at radius 3 is 2.68 bits per heavy atom. The van der Waals surface area contributed by atoms with Gasteiger partial charge in [-0.25, -0.2) is 9.78 Å². The Kier molecular flexibility index (Phi) is 7.85. The Bertz CT molecular complexity index is 927. The Labute approximate surface area is 172 Å². The minimum absolute atomic E-state index is 0.0825. The molecule has 0 saturated carbocycles. The van der Waals surface area contributed by atoms with Gasteiger partial charge in [0, 0.05) is 11.4 Å². The molecule has 1 heterocycles. The fourth-order valence-corrected chi connectivity index (χ4v) is 3.71. The van der Waals surface area contributed by atoms with Crippen molar-refractivity contribution in [1.82, 2.24) is 4.98 Å². The summed E-state index contributed by atoms with van der Waals surface area (Å²) >= 11 is 7.10. The van der Waals surface area contributed by atoms with Crippen LogP contribution < -0.4 is 5.32 Å². The number of benzene rings is 1. The summed E-state index contributed by atoms with van der Waals surface area (Å²) in [4.78, 5) is 28.4. The maximum atomic E-state index is 12.7. The number of anilines is 1. The van der Waals surface area contributed by atoms with E-state index in [-0.39, 0.29) is 16.5 Å². The number of pyridine rings is 1. The quantitative estimate of drug-likeness (QED) is 0.600. The van der Waals surface area contributed by atoms with Gasteiger partial charge < -0.3 is 10.4 Å². The Hall–Kier alpha value is -2.56. The van der Waals surface area contributed by atoms with Crippen LogP contribution in [-0.2, 0) is 11.2 Å². The van der Waals surface area contributed by atoms with E-state index in [4.69, 9.17) is 16.7 Å². The summed E-state index contributed by atoms with van der Waals surface area (Å²) in [7, 11) is 0. The van der Waals surface area contributed by atoms with Crippen LogP contribution in [0.1, 0.15) is 48.3 Å². The number of hydrogen-bond donors (Lipinski definition) is 2. The molecular weight excluding hydrogens is 398 g/mol. The molecule has 1 aromatic heterocycles. The smallest absolute Gasteiger partial charge is 0.337 e. The maximum absolute atomic E-state index is 12.7. The largest absolute Gasteiger partial charge is 0.478 e. The number of aromatic carboxylic acids is 1. The van der Waals surface area contributed by atoms with Crippen molar-refractivity contribution in [2.75, 3.05) is 5.32 Å². The zero-order valence-electron chi connectivity index (χ0n) is 15.5. The summed E-state index contributed by atoms with van der Waals surface area (Å²) < 4.78 is 0. The molecule has 1 amide bonds. The average Bonchev–Trinajstić information content (AvgIpc) is 2.67. The molecule has 0 aliphatic heterocycles. The van der Waals surface area contributed by atoms with Crippen LogP contribution in [0.3, 0.4) is 0 Å². The number of hydrogen-bond acceptors (Lipinski definition) is 5. The van der Waals surface area contributed by atoms with Crippen LogP contribution in [0.25, 0.3) is 0 Å². The molecule has 0 radical (unpaired) electrons. The third-order valence-corrected chi connectivity index (χ3v) is 5.62. The van der Waals surface area contributed by atoms with Gasteiger partial charge in [0.25, 0.3) is 0 Å². The van der Waals surface area contributed by atoms with Gasteiger partial charge in [0.2, 0.25) is 5.91 Å². The molecule has 0 aliphatic rings. The first-order valence-electron chi connectivity index (χ1n) is 8.79. The SMILES string of the molecule is CCCc1ccc(C#N)c(SC(CC)C(=O)Nc2ccc(Cl)c(C(=O)O)c2)n1. The Morgan fingerprint density at radius 1 is 1.32 bits per heavy atom. The average molecular weight is 418 g/mol. The van der Waals surface area contributed by atoms with E-state index in [0.717, 1.165) is 18.5 Å². The normalized spacial score (nSPS) is 11.5. The summed E-state index contributed by atoms with van der Waals surface area (Å²) in [5, 5.41) is 21.4. The van der Waals surface area contributed by atoms with E-state index < -0.39 is 11.2 Å². The second-order valence-corrected chi connectivity index (χ2v) is 7.62. The van der Waals surface area contributed by atoms with Crippen LogP contribution in [0, 0.1) is 11.3 Å². The molecule has 28 heavy (non-hydrogen) atoms. The van der Waals surface area contributed by atoms with Crippen LogP contribution in [-0.4, -0.2) is 27.2 Å². The molecule has 8 heteroatoms. The van der Waals surface area contributed by atoms with Crippen LogP contribution >= 0.6 is 23.4 Å². The first-order chi connectivity index (χ1) is 13.4. The standard InChI is InChI=1S/C20H20ClN3O3S/c1-3-5-13-7-6-12(11-22)19(24-13)28-17(4-2)18(25)23-14-8-9-16(21)15(10-14)20(26)27/h6-10,17H,3-5H2,1-2H3,(H,23,25)(H,26,27). The van der Waals surface area contributed by atoms with Crippen molar-refractivity contribution in [3.63, 3.8) is 0 Å². The van der Waals surface area contributed by atoms with Crippen molar-refractivity contribution in [2.45, 2.75) is 43.4 Å². The van der Waals surface area contributed by atoms with Crippen LogP contribution in [0.2, 0.25) is 5.02 Å². The van der Waals surface area contributed by atoms with Gasteiger partial charge in [0.05, 0.1) is 21.4 Å². The highest BCUT2D eigenvalue weighted by Gasteiger charge is 2.21. The van der Waals surface area contributed by atoms with E-state index >= 15 is 0 Å². The van der Waals surface area contributed by atoms with Gasteiger partial charge in [-0.05, 0) is 43.2 Å². The van der Waals surface area contributed by atoms with Gasteiger partial charge in [-0.3, -0.25) is 4.79 Å². The lowest BCUT2D eigenvalue weighted by Crippen LogP contribution is -2.25. The number of amides is 1. The van der Waals surface area contributed by atoms with E-state index in [0.29, 0.717) is 22.7 Å². The van der Waals surface area contributed by atoms with Crippen molar-refractivity contribution in [3.05, 3.63) is 52.2 Å². The fourth-order valence-electron chi connectivity index (χ4n) is 2.50. The lowest BCUT2D eigenvalue weighted by molar-refractivity contribution is -0.115. The number of carboxylic acid groups (broad SMARTS) is 1. The summed E-state index contributed by atoms with van der Waals surface area (Å²) in [6, 6.07) is 9.96. The van der Waals surface area contributed by atoms with Gasteiger partial charge in [-0.15, -0.1) is 0 Å². The Morgan fingerprint density at radius 2 is 2.07 bits per heavy atom. The monoisotopic (exact) mass is 417 g/mol. The van der Waals surface area contributed by atoms with E-state index in [1.165, 1.54) is 23.9 Å². The fraction of sp³-hybridized carbons (Fsp3) is 0.300. The zero-order valence-corrected chi connectivity index (χ0v) is 17.1. The first kappa shape index (κ1) is 21.7. The number of nitrogens with zero attached hydrogens (tertiary/aromatic N) is 2. The minimum atomic E-state index is -1.17. The number of halogens is 1. The van der Waals surface area contributed by atoms with Crippen molar-refractivity contribution in [3.8, 4) is 6.07 Å². The van der Waals surface area contributed by atoms with Crippen LogP contribution in [0.4, 0.5) is 5.69 Å². The number of aryl methyl sites for hydroxylation is 1. The number of carbonyl (C=O) groups excluding carboxylic acids is 1. The number of thioether (sulfide) groups is 1. The lowest BCUT2D eigenvalue weighted by Gasteiger charge is -2.16. The first-order valence-corrected chi connectivity index (χ1v) is 10.1. The molecule has 1 atom stereocenters. The summed E-state index contributed by atoms with van der Waals surface area (Å²) in [5.74, 6) is -1.46. The predicted molar refractivity (Wildman–Crippen MR) is 110 cm³/mol. The van der Waals surface area contributed by atoms with E-state index in [2.05, 4.69) is 16.4 Å². The molecule has 1 unspecified atom stereocenters. The molecule has 0 bridgehead atoms. The van der Waals surface area contributed by atoms with E-state index in [1.54, 1.807) is 12.1 Å². The zero-order chi connectivity index (χ0) is 20.7. The number of nitriles is 1. The van der Waals surface area contributed by atoms with Gasteiger partial charge in [0.1, 0.15) is 11.1 Å². The molecular formula is C20H20ClN3O3S. The molecule has 2 N–H and O–H groups in total. The second kappa shape index (κ2) is 10.1. The predicted octanol–water partition coefficient (Wildman–Crippen LogP) is 4.77. The molecule has 0 spiro atoms. The maximum Gasteiger partial charge on any atom is 0.337 e. The highest BCUT2D eigenvalue weighted by Crippen LogP contribution is 2.29. The molecule has 2 rings (SSSR count). The van der Waals surface area contributed by atoms with Gasteiger partial charge in [-0.1, -0.05) is 43.6 Å². The van der Waals surface area contributed by atoms with Gasteiger partial charge >= 0.3 is 5.97 Å². The van der Waals surface area contributed by atoms with Gasteiger partial charge in [-0.2, -0.15) is 5.26 Å². The highest BCUT2D eigenvalue weighted by molar-refractivity contribution is 8.00. The molecule has 0 aliphatic carbocycles. The van der Waals surface area contributed by atoms with E-state index in [1.807, 2.05) is 19.9 Å². The summed E-state index contributed by atoms with van der Waals surface area (Å²) in [6.07, 6.45) is 2.24. The number of aromatic nitrogens is 1. The Balaban J connectivity index is 2.21. The van der Waals surface area contributed by atoms with Crippen LogP contribution in [0.5, 0.6) is 0 Å². The van der Waals surface area contributed by atoms with Crippen molar-refractivity contribution < 1.29 is 14.7 Å². The van der Waals surface area contributed by atoms with Crippen LogP contribution in [0.15, 0.2) is 35.4 Å². The molecule has 1 aromatic carbocycles. The second-order valence-electron chi connectivity index (χ2n) is 6.02. The van der Waals surface area contributed by atoms with Crippen molar-refractivity contribution in [1.29, 1.82) is 5.26 Å².